The van der Waals surface area contributed by atoms with Crippen LogP contribution in [0.5, 0.6) is 0 Å². The lowest BCUT2D eigenvalue weighted by atomic mass is 9.90. The molecule has 0 bridgehead atoms. The quantitative estimate of drug-likeness (QED) is 0.752. The average Bonchev–Trinajstić information content (AvgIpc) is 2.74. The van der Waals surface area contributed by atoms with Gasteiger partial charge in [-0.1, -0.05) is 25.6 Å². The molecule has 0 atom stereocenters. The maximum Gasteiger partial charge on any atom is 0.0456 e. The summed E-state index contributed by atoms with van der Waals surface area (Å²) >= 11 is 0. The Labute approximate surface area is 97.1 Å². The number of hydrogen-bond donors (Lipinski definition) is 2. The van der Waals surface area contributed by atoms with E-state index >= 15 is 0 Å². The summed E-state index contributed by atoms with van der Waals surface area (Å²) in [6.45, 7) is 2.31. The second kappa shape index (κ2) is 4.71. The molecule has 2 nitrogen and oxygen atoms in total. The molecule has 0 radical (unpaired) electrons. The predicted octanol–water partition coefficient (Wildman–Crippen LogP) is 3.27. The second-order valence-electron chi connectivity index (χ2n) is 4.31. The first kappa shape index (κ1) is 11.2. The number of fused-ring (bicyclic) bond motifs is 1. The first-order chi connectivity index (χ1) is 7.45. The van der Waals surface area contributed by atoms with Gasteiger partial charge in [-0.25, -0.2) is 0 Å². The molecule has 1 fully saturated rings. The standard InChI is InChI=1S/C13H16N2.CH4/c1-2-4-13-11(3-1)12(9-15-13)10-5-7-14-8-6-10;/h1-4,9-10,14-15H,5-8H2;1H4. The van der Waals surface area contributed by atoms with Crippen LogP contribution in [-0.4, -0.2) is 18.1 Å². The Morgan fingerprint density at radius 3 is 2.62 bits per heavy atom. The number of para-hydroxylation sites is 1. The molecule has 2 aromatic rings. The summed E-state index contributed by atoms with van der Waals surface area (Å²) in [5.41, 5.74) is 2.78. The highest BCUT2D eigenvalue weighted by atomic mass is 14.9. The van der Waals surface area contributed by atoms with Crippen molar-refractivity contribution < 1.29 is 0 Å². The summed E-state index contributed by atoms with van der Waals surface area (Å²) in [5, 5.41) is 4.82. The van der Waals surface area contributed by atoms with Crippen molar-refractivity contribution >= 4 is 10.9 Å². The molecule has 2 heteroatoms. The Morgan fingerprint density at radius 1 is 1.06 bits per heavy atom. The Hall–Kier alpha value is -1.28. The van der Waals surface area contributed by atoms with Crippen LogP contribution in [-0.2, 0) is 0 Å². The predicted molar refractivity (Wildman–Crippen MR) is 69.9 cm³/mol. The van der Waals surface area contributed by atoms with Gasteiger partial charge in [0.05, 0.1) is 0 Å². The number of hydrogen-bond acceptors (Lipinski definition) is 1. The molecule has 3 rings (SSSR count). The van der Waals surface area contributed by atoms with Gasteiger partial charge < -0.3 is 10.3 Å². The molecule has 1 aliphatic rings. The van der Waals surface area contributed by atoms with Crippen molar-refractivity contribution in [3.8, 4) is 0 Å². The smallest absolute Gasteiger partial charge is 0.0456 e. The van der Waals surface area contributed by atoms with Crippen LogP contribution in [0.25, 0.3) is 10.9 Å². The van der Waals surface area contributed by atoms with E-state index in [0.29, 0.717) is 0 Å². The highest BCUT2D eigenvalue weighted by Gasteiger charge is 2.17. The number of H-pyrrole nitrogens is 1. The molecular formula is C14H20N2. The van der Waals surface area contributed by atoms with Gasteiger partial charge in [-0.15, -0.1) is 0 Å². The monoisotopic (exact) mass is 216 g/mol. The Bertz CT molecular complexity index is 452. The van der Waals surface area contributed by atoms with Crippen LogP contribution in [0.4, 0.5) is 0 Å². The molecule has 0 spiro atoms. The SMILES string of the molecule is C.c1ccc2c(C3CCNCC3)c[nH]c2c1. The van der Waals surface area contributed by atoms with Crippen molar-refractivity contribution in [1.29, 1.82) is 0 Å². The van der Waals surface area contributed by atoms with Crippen molar-refractivity contribution in [3.63, 3.8) is 0 Å². The molecule has 2 N–H and O–H groups in total. The maximum atomic E-state index is 3.41. The molecule has 16 heavy (non-hydrogen) atoms. The highest BCUT2D eigenvalue weighted by molar-refractivity contribution is 5.83. The zero-order valence-corrected chi connectivity index (χ0v) is 8.79. The molecule has 0 unspecified atom stereocenters. The molecule has 1 saturated heterocycles. The lowest BCUT2D eigenvalue weighted by Gasteiger charge is -2.22. The van der Waals surface area contributed by atoms with Gasteiger partial charge in [0.15, 0.2) is 0 Å². The highest BCUT2D eigenvalue weighted by Crippen LogP contribution is 2.30. The largest absolute Gasteiger partial charge is 0.361 e. The fraction of sp³-hybridized carbons (Fsp3) is 0.429. The second-order valence-corrected chi connectivity index (χ2v) is 4.31. The fourth-order valence-corrected chi connectivity index (χ4v) is 2.56. The van der Waals surface area contributed by atoms with E-state index in [1.807, 2.05) is 0 Å². The van der Waals surface area contributed by atoms with E-state index in [1.165, 1.54) is 29.3 Å². The Morgan fingerprint density at radius 2 is 1.81 bits per heavy atom. The van der Waals surface area contributed by atoms with E-state index in [2.05, 4.69) is 40.8 Å². The van der Waals surface area contributed by atoms with E-state index < -0.39 is 0 Å². The molecule has 1 aromatic heterocycles. The summed E-state index contributed by atoms with van der Waals surface area (Å²) in [7, 11) is 0. The van der Waals surface area contributed by atoms with E-state index in [-0.39, 0.29) is 7.43 Å². The lowest BCUT2D eigenvalue weighted by molar-refractivity contribution is 0.462. The number of rotatable bonds is 1. The number of piperidine rings is 1. The van der Waals surface area contributed by atoms with E-state index in [9.17, 15) is 0 Å². The zero-order chi connectivity index (χ0) is 10.1. The molecular weight excluding hydrogens is 196 g/mol. The van der Waals surface area contributed by atoms with Crippen LogP contribution < -0.4 is 5.32 Å². The minimum absolute atomic E-state index is 0. The van der Waals surface area contributed by atoms with Gasteiger partial charge in [0.1, 0.15) is 0 Å². The van der Waals surface area contributed by atoms with Gasteiger partial charge in [0.25, 0.3) is 0 Å². The summed E-state index contributed by atoms with van der Waals surface area (Å²) in [6.07, 6.45) is 4.73. The third-order valence-electron chi connectivity index (χ3n) is 3.40. The number of aromatic amines is 1. The van der Waals surface area contributed by atoms with Crippen LogP contribution in [0, 0.1) is 0 Å². The van der Waals surface area contributed by atoms with Crippen LogP contribution in [0.1, 0.15) is 31.7 Å². The first-order valence-corrected chi connectivity index (χ1v) is 5.72. The van der Waals surface area contributed by atoms with E-state index in [1.54, 1.807) is 0 Å². The van der Waals surface area contributed by atoms with Crippen molar-refractivity contribution in [3.05, 3.63) is 36.0 Å². The van der Waals surface area contributed by atoms with Crippen LogP contribution >= 0.6 is 0 Å². The van der Waals surface area contributed by atoms with Gasteiger partial charge in [-0.3, -0.25) is 0 Å². The summed E-state index contributed by atoms with van der Waals surface area (Å²) in [4.78, 5) is 3.37. The third kappa shape index (κ3) is 1.85. The van der Waals surface area contributed by atoms with Crippen molar-refractivity contribution in [1.82, 2.24) is 10.3 Å². The van der Waals surface area contributed by atoms with Gasteiger partial charge in [-0.2, -0.15) is 0 Å². The van der Waals surface area contributed by atoms with Crippen molar-refractivity contribution in [2.24, 2.45) is 0 Å². The minimum atomic E-state index is 0. The maximum absolute atomic E-state index is 3.41. The third-order valence-corrected chi connectivity index (χ3v) is 3.40. The molecule has 2 heterocycles. The minimum Gasteiger partial charge on any atom is -0.361 e. The number of benzene rings is 1. The van der Waals surface area contributed by atoms with Gasteiger partial charge in [0, 0.05) is 17.1 Å². The fourth-order valence-electron chi connectivity index (χ4n) is 2.56. The Kier molecular flexibility index (Phi) is 3.30. The zero-order valence-electron chi connectivity index (χ0n) is 8.79. The van der Waals surface area contributed by atoms with Crippen molar-refractivity contribution in [2.45, 2.75) is 26.2 Å². The van der Waals surface area contributed by atoms with Gasteiger partial charge in [0.2, 0.25) is 0 Å². The van der Waals surface area contributed by atoms with Gasteiger partial charge >= 0.3 is 0 Å². The van der Waals surface area contributed by atoms with Crippen molar-refractivity contribution in [2.75, 3.05) is 13.1 Å². The van der Waals surface area contributed by atoms with Gasteiger partial charge in [-0.05, 0) is 43.5 Å². The summed E-state index contributed by atoms with van der Waals surface area (Å²) < 4.78 is 0. The van der Waals surface area contributed by atoms with Crippen LogP contribution in [0.2, 0.25) is 0 Å². The van der Waals surface area contributed by atoms with Crippen LogP contribution in [0.3, 0.4) is 0 Å². The molecule has 1 aliphatic heterocycles. The molecule has 0 saturated carbocycles. The summed E-state index contributed by atoms with van der Waals surface area (Å²) in [5.74, 6) is 0.738. The Balaban J connectivity index is 0.000000963. The van der Waals surface area contributed by atoms with Crippen LogP contribution in [0.15, 0.2) is 30.5 Å². The normalized spacial score (nSPS) is 17.2. The van der Waals surface area contributed by atoms with E-state index in [0.717, 1.165) is 19.0 Å². The summed E-state index contributed by atoms with van der Waals surface area (Å²) in [6, 6.07) is 8.59. The number of aromatic nitrogens is 1. The average molecular weight is 216 g/mol. The van der Waals surface area contributed by atoms with E-state index in [4.69, 9.17) is 0 Å². The molecule has 1 aromatic carbocycles. The molecule has 0 aliphatic carbocycles. The topological polar surface area (TPSA) is 27.8 Å². The number of nitrogens with one attached hydrogen (secondary N) is 2. The molecule has 0 amide bonds. The lowest BCUT2D eigenvalue weighted by Crippen LogP contribution is -2.26. The molecule has 86 valence electrons. The first-order valence-electron chi connectivity index (χ1n) is 5.72.